The molecule has 0 saturated heterocycles. The molecule has 13 heteroatoms. The van der Waals surface area contributed by atoms with Crippen LogP contribution < -0.4 is 21.3 Å². The zero-order valence-corrected chi connectivity index (χ0v) is 21.7. The minimum Gasteiger partial charge on any atom is -0.333 e. The first kappa shape index (κ1) is 26.6. The summed E-state index contributed by atoms with van der Waals surface area (Å²) in [6.45, 7) is 12.3. The van der Waals surface area contributed by atoms with E-state index in [1.807, 2.05) is 47.6 Å². The fourth-order valence-electron chi connectivity index (χ4n) is 2.87. The van der Waals surface area contributed by atoms with Gasteiger partial charge in [-0.05, 0) is 52.7 Å². The Labute approximate surface area is 210 Å². The maximum absolute atomic E-state index is 12.1. The molecule has 0 spiro atoms. The summed E-state index contributed by atoms with van der Waals surface area (Å²) in [5, 5.41) is 27.8. The van der Waals surface area contributed by atoms with E-state index >= 15 is 0 Å². The summed E-state index contributed by atoms with van der Waals surface area (Å²) < 4.78 is 3.04. The summed E-state index contributed by atoms with van der Waals surface area (Å²) in [7, 11) is 0. The SMILES string of the molecule is CCC(C)(C)NC(=O)NCc1cn(-c2cccc(-n3cc(CNC(=O)NC(C)(C)CC)nn3)n2)nn1. The van der Waals surface area contributed by atoms with Crippen LogP contribution in [0.2, 0.25) is 0 Å². The fourth-order valence-corrected chi connectivity index (χ4v) is 2.87. The largest absolute Gasteiger partial charge is 0.333 e. The molecule has 0 fully saturated rings. The number of aromatic nitrogens is 7. The van der Waals surface area contributed by atoms with Crippen molar-refractivity contribution < 1.29 is 9.59 Å². The molecule has 3 heterocycles. The van der Waals surface area contributed by atoms with Gasteiger partial charge in [0, 0.05) is 11.1 Å². The normalized spacial score (nSPS) is 11.7. The number of rotatable bonds is 10. The second-order valence-corrected chi connectivity index (χ2v) is 9.75. The van der Waals surface area contributed by atoms with Crippen LogP contribution in [0.4, 0.5) is 9.59 Å². The monoisotopic (exact) mass is 497 g/mol. The van der Waals surface area contributed by atoms with E-state index in [0.29, 0.717) is 23.0 Å². The summed E-state index contributed by atoms with van der Waals surface area (Å²) in [5.41, 5.74) is 0.597. The van der Waals surface area contributed by atoms with Crippen molar-refractivity contribution in [3.63, 3.8) is 0 Å². The molecular formula is C23H35N11O2. The molecule has 0 aliphatic rings. The van der Waals surface area contributed by atoms with Gasteiger partial charge < -0.3 is 21.3 Å². The first-order chi connectivity index (χ1) is 17.0. The number of pyridine rings is 1. The molecule has 0 saturated carbocycles. The lowest BCUT2D eigenvalue weighted by Gasteiger charge is -2.24. The molecule has 0 radical (unpaired) electrons. The van der Waals surface area contributed by atoms with Crippen molar-refractivity contribution in [3.8, 4) is 11.6 Å². The number of carbonyl (C=O) groups is 2. The molecule has 4 amide bonds. The van der Waals surface area contributed by atoms with E-state index in [-0.39, 0.29) is 36.2 Å². The van der Waals surface area contributed by atoms with Crippen LogP contribution >= 0.6 is 0 Å². The number of nitrogens with one attached hydrogen (secondary N) is 4. The lowest BCUT2D eigenvalue weighted by atomic mass is 10.0. The zero-order chi connectivity index (χ0) is 26.3. The summed E-state index contributed by atoms with van der Waals surface area (Å²) >= 11 is 0. The number of hydrogen-bond donors (Lipinski definition) is 4. The third-order valence-electron chi connectivity index (χ3n) is 5.80. The number of urea groups is 2. The lowest BCUT2D eigenvalue weighted by molar-refractivity contribution is 0.227. The van der Waals surface area contributed by atoms with Crippen LogP contribution in [0.1, 0.15) is 65.8 Å². The second-order valence-electron chi connectivity index (χ2n) is 9.75. The van der Waals surface area contributed by atoms with E-state index < -0.39 is 0 Å². The van der Waals surface area contributed by atoms with Crippen LogP contribution in [0.5, 0.6) is 0 Å². The van der Waals surface area contributed by atoms with Crippen LogP contribution in [0.25, 0.3) is 11.6 Å². The molecule has 0 bridgehead atoms. The van der Waals surface area contributed by atoms with E-state index in [4.69, 9.17) is 0 Å². The standard InChI is InChI=1S/C23H35N11O2/c1-7-22(3,4)27-20(35)24-12-16-14-33(31-29-16)18-10-9-11-19(26-18)34-15-17(30-32-34)13-25-21(36)28-23(5,6)8-2/h9-11,14-15H,7-8,12-13H2,1-6H3,(H2,24,27,35)(H2,25,28,36). The molecule has 0 aromatic carbocycles. The van der Waals surface area contributed by atoms with E-state index in [1.165, 1.54) is 9.36 Å². The van der Waals surface area contributed by atoms with Gasteiger partial charge in [-0.1, -0.05) is 30.3 Å². The molecule has 0 aliphatic heterocycles. The summed E-state index contributed by atoms with van der Waals surface area (Å²) in [4.78, 5) is 28.8. The van der Waals surface area contributed by atoms with Crippen molar-refractivity contribution in [2.75, 3.05) is 0 Å². The molecule has 3 rings (SSSR count). The Morgan fingerprint density at radius 2 is 1.19 bits per heavy atom. The highest BCUT2D eigenvalue weighted by Crippen LogP contribution is 2.10. The quantitative estimate of drug-likeness (QED) is 0.334. The van der Waals surface area contributed by atoms with Crippen LogP contribution in [-0.2, 0) is 13.1 Å². The van der Waals surface area contributed by atoms with Crippen molar-refractivity contribution in [2.45, 2.75) is 78.6 Å². The van der Waals surface area contributed by atoms with Gasteiger partial charge in [0.1, 0.15) is 11.4 Å². The molecular weight excluding hydrogens is 462 g/mol. The Kier molecular flexibility index (Phi) is 8.22. The minimum atomic E-state index is -0.290. The van der Waals surface area contributed by atoms with Crippen molar-refractivity contribution in [1.82, 2.24) is 56.2 Å². The van der Waals surface area contributed by atoms with Gasteiger partial charge in [-0.25, -0.2) is 23.9 Å². The van der Waals surface area contributed by atoms with E-state index in [2.05, 4.69) is 46.9 Å². The topological polar surface area (TPSA) is 157 Å². The molecule has 0 aliphatic carbocycles. The number of hydrogen-bond acceptors (Lipinski definition) is 7. The third-order valence-corrected chi connectivity index (χ3v) is 5.80. The molecule has 4 N–H and O–H groups in total. The Bertz CT molecular complexity index is 1090. The first-order valence-electron chi connectivity index (χ1n) is 11.9. The average molecular weight is 498 g/mol. The van der Waals surface area contributed by atoms with E-state index in [0.717, 1.165) is 12.8 Å². The Balaban J connectivity index is 1.60. The maximum atomic E-state index is 12.1. The van der Waals surface area contributed by atoms with Crippen LogP contribution in [-0.4, -0.2) is 58.1 Å². The Morgan fingerprint density at radius 1 is 0.778 bits per heavy atom. The van der Waals surface area contributed by atoms with Gasteiger partial charge in [-0.2, -0.15) is 0 Å². The van der Waals surface area contributed by atoms with Crippen LogP contribution in [0.3, 0.4) is 0 Å². The number of carbonyl (C=O) groups excluding carboxylic acids is 2. The summed E-state index contributed by atoms with van der Waals surface area (Å²) in [6.07, 6.45) is 5.03. The number of nitrogens with zero attached hydrogens (tertiary/aromatic N) is 7. The predicted molar refractivity (Wildman–Crippen MR) is 134 cm³/mol. The highest BCUT2D eigenvalue weighted by molar-refractivity contribution is 5.75. The zero-order valence-electron chi connectivity index (χ0n) is 21.7. The van der Waals surface area contributed by atoms with Gasteiger partial charge in [0.05, 0.1) is 25.5 Å². The van der Waals surface area contributed by atoms with Gasteiger partial charge in [-0.3, -0.25) is 0 Å². The Morgan fingerprint density at radius 3 is 1.58 bits per heavy atom. The number of amides is 4. The fraction of sp³-hybridized carbons (Fsp3) is 0.522. The molecule has 36 heavy (non-hydrogen) atoms. The second kappa shape index (κ2) is 11.1. The predicted octanol–water partition coefficient (Wildman–Crippen LogP) is 2.22. The van der Waals surface area contributed by atoms with E-state index in [1.54, 1.807) is 24.5 Å². The van der Waals surface area contributed by atoms with Gasteiger partial charge >= 0.3 is 12.1 Å². The molecule has 3 aromatic heterocycles. The third kappa shape index (κ3) is 7.48. The van der Waals surface area contributed by atoms with Crippen molar-refractivity contribution in [3.05, 3.63) is 42.0 Å². The lowest BCUT2D eigenvalue weighted by Crippen LogP contribution is -2.47. The van der Waals surface area contributed by atoms with Gasteiger partial charge in [-0.15, -0.1) is 10.2 Å². The highest BCUT2D eigenvalue weighted by atomic mass is 16.2. The van der Waals surface area contributed by atoms with Crippen molar-refractivity contribution in [2.24, 2.45) is 0 Å². The van der Waals surface area contributed by atoms with Crippen molar-refractivity contribution >= 4 is 12.1 Å². The molecule has 13 nitrogen and oxygen atoms in total. The van der Waals surface area contributed by atoms with Gasteiger partial charge in [0.2, 0.25) is 0 Å². The van der Waals surface area contributed by atoms with Gasteiger partial charge in [0.25, 0.3) is 0 Å². The average Bonchev–Trinajstić information content (AvgIpc) is 3.51. The molecule has 0 atom stereocenters. The van der Waals surface area contributed by atoms with Crippen molar-refractivity contribution in [1.29, 1.82) is 0 Å². The minimum absolute atomic E-state index is 0.230. The Hall–Kier alpha value is -4.03. The molecule has 194 valence electrons. The highest BCUT2D eigenvalue weighted by Gasteiger charge is 2.19. The van der Waals surface area contributed by atoms with Gasteiger partial charge in [0.15, 0.2) is 11.6 Å². The summed E-state index contributed by atoms with van der Waals surface area (Å²) in [5.74, 6) is 1.05. The molecule has 3 aromatic rings. The van der Waals surface area contributed by atoms with E-state index in [9.17, 15) is 9.59 Å². The van der Waals surface area contributed by atoms with Crippen LogP contribution in [0.15, 0.2) is 30.6 Å². The smallest absolute Gasteiger partial charge is 0.315 e. The van der Waals surface area contributed by atoms with Crippen LogP contribution in [0, 0.1) is 0 Å². The molecule has 0 unspecified atom stereocenters. The summed E-state index contributed by atoms with van der Waals surface area (Å²) in [6, 6.07) is 4.85. The first-order valence-corrected chi connectivity index (χ1v) is 11.9. The maximum Gasteiger partial charge on any atom is 0.315 e.